The lowest BCUT2D eigenvalue weighted by Gasteiger charge is -2.25. The Morgan fingerprint density at radius 3 is 1.37 bits per heavy atom. The number of quaternary nitrogens is 1. The van der Waals surface area contributed by atoms with E-state index in [1.165, 1.54) is 161 Å². The van der Waals surface area contributed by atoms with Crippen LogP contribution < -0.4 is 5.32 Å². The molecule has 54 heavy (non-hydrogen) atoms. The molecule has 0 aromatic carbocycles. The second-order valence-corrected chi connectivity index (χ2v) is 18.6. The van der Waals surface area contributed by atoms with Gasteiger partial charge in [-0.05, 0) is 19.3 Å². The number of rotatable bonds is 42. The molecular weight excluding hydrogens is 695 g/mol. The van der Waals surface area contributed by atoms with Crippen LogP contribution in [0.4, 0.5) is 0 Å². The summed E-state index contributed by atoms with van der Waals surface area (Å²) in [5.41, 5.74) is 0. The summed E-state index contributed by atoms with van der Waals surface area (Å²) in [6.45, 7) is 4.82. The SMILES string of the molecule is CCCCCCCCCCCC/C=C/C(O)C(COP(=O)(O)OCC[N+](C)(C)C)NC(=O)CCCCCCCCCCCCCCCCCCCCCC. The maximum absolute atomic E-state index is 12.9. The summed E-state index contributed by atoms with van der Waals surface area (Å²) in [5.74, 6) is -0.174. The first-order chi connectivity index (χ1) is 26.0. The molecule has 322 valence electrons. The van der Waals surface area contributed by atoms with E-state index in [1.54, 1.807) is 6.08 Å². The van der Waals surface area contributed by atoms with Gasteiger partial charge >= 0.3 is 7.82 Å². The summed E-state index contributed by atoms with van der Waals surface area (Å²) in [6.07, 6.45) is 42.8. The Labute approximate surface area is 335 Å². The first kappa shape index (κ1) is 53.2. The number of nitrogens with zero attached hydrogens (tertiary/aromatic N) is 1. The van der Waals surface area contributed by atoms with E-state index in [2.05, 4.69) is 19.2 Å². The van der Waals surface area contributed by atoms with Gasteiger partial charge in [-0.25, -0.2) is 4.57 Å². The molecule has 0 rings (SSSR count). The number of hydrogen-bond acceptors (Lipinski definition) is 5. The summed E-state index contributed by atoms with van der Waals surface area (Å²) < 4.78 is 23.5. The molecule has 8 nitrogen and oxygen atoms in total. The van der Waals surface area contributed by atoms with Crippen molar-refractivity contribution < 1.29 is 32.9 Å². The van der Waals surface area contributed by atoms with Gasteiger partial charge in [0.05, 0.1) is 39.9 Å². The third-order valence-corrected chi connectivity index (χ3v) is 11.5. The summed E-state index contributed by atoms with van der Waals surface area (Å²) in [4.78, 5) is 23.1. The molecule has 0 fully saturated rings. The number of phosphoric ester groups is 1. The van der Waals surface area contributed by atoms with Crippen molar-refractivity contribution in [2.24, 2.45) is 0 Å². The highest BCUT2D eigenvalue weighted by Gasteiger charge is 2.27. The molecule has 3 unspecified atom stereocenters. The third kappa shape index (κ3) is 39.5. The average molecular weight is 788 g/mol. The van der Waals surface area contributed by atoms with Crippen LogP contribution in [0.15, 0.2) is 12.2 Å². The van der Waals surface area contributed by atoms with Gasteiger partial charge in [-0.15, -0.1) is 0 Å². The molecule has 0 radical (unpaired) electrons. The van der Waals surface area contributed by atoms with Crippen molar-refractivity contribution in [3.05, 3.63) is 12.2 Å². The highest BCUT2D eigenvalue weighted by atomic mass is 31.2. The maximum Gasteiger partial charge on any atom is 0.472 e. The normalized spacial score (nSPS) is 14.4. The predicted octanol–water partition coefficient (Wildman–Crippen LogP) is 12.8. The van der Waals surface area contributed by atoms with E-state index in [0.29, 0.717) is 17.4 Å². The molecule has 0 heterocycles. The molecule has 0 saturated carbocycles. The quantitative estimate of drug-likeness (QED) is 0.0246. The standard InChI is InChI=1S/C45H91N2O6P/c1-6-8-10-12-14-16-18-20-21-22-23-24-25-26-27-29-31-33-35-37-39-45(49)46-43(42-53-54(50,51)52-41-40-47(3,4)5)44(48)38-36-34-32-30-28-19-17-15-13-11-9-7-2/h36,38,43-44,48H,6-35,37,39-42H2,1-5H3,(H-,46,49,50,51)/p+1/b38-36+. The van der Waals surface area contributed by atoms with Crippen LogP contribution >= 0.6 is 7.82 Å². The van der Waals surface area contributed by atoms with Crippen LogP contribution in [0.5, 0.6) is 0 Å². The van der Waals surface area contributed by atoms with Gasteiger partial charge in [0.15, 0.2) is 0 Å². The van der Waals surface area contributed by atoms with Crippen LogP contribution in [-0.4, -0.2) is 73.4 Å². The Balaban J connectivity index is 4.29. The van der Waals surface area contributed by atoms with E-state index in [4.69, 9.17) is 9.05 Å². The van der Waals surface area contributed by atoms with Crippen molar-refractivity contribution in [1.82, 2.24) is 5.32 Å². The number of hydrogen-bond donors (Lipinski definition) is 3. The molecule has 9 heteroatoms. The van der Waals surface area contributed by atoms with Crippen molar-refractivity contribution in [3.63, 3.8) is 0 Å². The number of phosphoric acid groups is 1. The Bertz CT molecular complexity index is 896. The fraction of sp³-hybridized carbons (Fsp3) is 0.933. The van der Waals surface area contributed by atoms with Crippen molar-refractivity contribution in [2.45, 2.75) is 231 Å². The fourth-order valence-electron chi connectivity index (χ4n) is 6.81. The predicted molar refractivity (Wildman–Crippen MR) is 231 cm³/mol. The van der Waals surface area contributed by atoms with Crippen molar-refractivity contribution in [2.75, 3.05) is 40.9 Å². The zero-order chi connectivity index (χ0) is 40.0. The van der Waals surface area contributed by atoms with E-state index in [0.717, 1.165) is 38.5 Å². The van der Waals surface area contributed by atoms with E-state index in [-0.39, 0.29) is 19.1 Å². The summed E-state index contributed by atoms with van der Waals surface area (Å²) in [5, 5.41) is 13.8. The summed E-state index contributed by atoms with van der Waals surface area (Å²) in [6, 6.07) is -0.839. The summed E-state index contributed by atoms with van der Waals surface area (Å²) >= 11 is 0. The van der Waals surface area contributed by atoms with Crippen molar-refractivity contribution in [3.8, 4) is 0 Å². The van der Waals surface area contributed by atoms with E-state index in [9.17, 15) is 19.4 Å². The molecule has 0 aromatic heterocycles. The van der Waals surface area contributed by atoms with Crippen LogP contribution in [-0.2, 0) is 18.4 Å². The smallest absolute Gasteiger partial charge is 0.387 e. The molecule has 3 atom stereocenters. The zero-order valence-electron chi connectivity index (χ0n) is 36.5. The Morgan fingerprint density at radius 2 is 0.981 bits per heavy atom. The minimum atomic E-state index is -4.33. The van der Waals surface area contributed by atoms with Crippen LogP contribution in [0.2, 0.25) is 0 Å². The van der Waals surface area contributed by atoms with Gasteiger partial charge in [-0.1, -0.05) is 206 Å². The van der Waals surface area contributed by atoms with Crippen LogP contribution in [0.1, 0.15) is 219 Å². The van der Waals surface area contributed by atoms with Crippen molar-refractivity contribution >= 4 is 13.7 Å². The number of aliphatic hydroxyl groups excluding tert-OH is 1. The van der Waals surface area contributed by atoms with Gasteiger partial charge in [0, 0.05) is 6.42 Å². The molecule has 0 aliphatic rings. The monoisotopic (exact) mass is 788 g/mol. The number of likely N-dealkylation sites (N-methyl/N-ethyl adjacent to an activating group) is 1. The number of carbonyl (C=O) groups excluding carboxylic acids is 1. The highest BCUT2D eigenvalue weighted by Crippen LogP contribution is 2.43. The van der Waals surface area contributed by atoms with E-state index >= 15 is 0 Å². The minimum absolute atomic E-state index is 0.0645. The molecule has 0 bridgehead atoms. The average Bonchev–Trinajstić information content (AvgIpc) is 3.12. The van der Waals surface area contributed by atoms with Gasteiger partial charge in [-0.2, -0.15) is 0 Å². The van der Waals surface area contributed by atoms with Crippen molar-refractivity contribution in [1.29, 1.82) is 0 Å². The van der Waals surface area contributed by atoms with Crippen LogP contribution in [0.3, 0.4) is 0 Å². The van der Waals surface area contributed by atoms with Gasteiger partial charge in [0.25, 0.3) is 0 Å². The molecule has 0 saturated heterocycles. The largest absolute Gasteiger partial charge is 0.472 e. The molecule has 1 amide bonds. The lowest BCUT2D eigenvalue weighted by Crippen LogP contribution is -2.45. The Morgan fingerprint density at radius 1 is 0.611 bits per heavy atom. The highest BCUT2D eigenvalue weighted by molar-refractivity contribution is 7.47. The minimum Gasteiger partial charge on any atom is -0.387 e. The first-order valence-corrected chi connectivity index (χ1v) is 24.6. The van der Waals surface area contributed by atoms with Gasteiger partial charge in [0.2, 0.25) is 5.91 Å². The zero-order valence-corrected chi connectivity index (χ0v) is 37.4. The molecule has 0 aliphatic heterocycles. The number of aliphatic hydroxyl groups is 1. The first-order valence-electron chi connectivity index (χ1n) is 23.1. The number of allylic oxidation sites excluding steroid dienone is 1. The molecule has 0 spiro atoms. The number of carbonyl (C=O) groups is 1. The molecular formula is C45H92N2O6P+. The maximum atomic E-state index is 12.9. The lowest BCUT2D eigenvalue weighted by atomic mass is 10.0. The molecule has 0 aromatic rings. The number of unbranched alkanes of at least 4 members (excludes halogenated alkanes) is 29. The van der Waals surface area contributed by atoms with Gasteiger partial charge in [0.1, 0.15) is 13.2 Å². The number of nitrogens with one attached hydrogen (secondary N) is 1. The van der Waals surface area contributed by atoms with E-state index < -0.39 is 20.0 Å². The third-order valence-electron chi connectivity index (χ3n) is 10.5. The lowest BCUT2D eigenvalue weighted by molar-refractivity contribution is -0.870. The van der Waals surface area contributed by atoms with Gasteiger partial charge < -0.3 is 19.8 Å². The number of amides is 1. The second kappa shape index (κ2) is 37.8. The Hall–Kier alpha value is -0.760. The van der Waals surface area contributed by atoms with Crippen LogP contribution in [0.25, 0.3) is 0 Å². The van der Waals surface area contributed by atoms with Gasteiger partial charge in [-0.3, -0.25) is 13.8 Å². The van der Waals surface area contributed by atoms with Crippen LogP contribution in [0, 0.1) is 0 Å². The second-order valence-electron chi connectivity index (χ2n) is 17.1. The van der Waals surface area contributed by atoms with E-state index in [1.807, 2.05) is 27.2 Å². The fourth-order valence-corrected chi connectivity index (χ4v) is 7.54. The Kier molecular flexibility index (Phi) is 37.3. The summed E-state index contributed by atoms with van der Waals surface area (Å²) in [7, 11) is 1.58. The molecule has 3 N–H and O–H groups in total. The topological polar surface area (TPSA) is 105 Å². The molecule has 0 aliphatic carbocycles.